The van der Waals surface area contributed by atoms with Crippen LogP contribution < -0.4 is 10.2 Å². The number of amides is 1. The quantitative estimate of drug-likeness (QED) is 0.518. The zero-order chi connectivity index (χ0) is 17.7. The lowest BCUT2D eigenvalue weighted by Gasteiger charge is -2.06. The molecule has 1 N–H and O–H groups in total. The number of nitrogens with zero attached hydrogens (tertiary/aromatic N) is 2. The minimum Gasteiger partial charge on any atom is -0.494 e. The van der Waals surface area contributed by atoms with E-state index < -0.39 is 16.6 Å². The Labute approximate surface area is 136 Å². The average molecular weight is 331 g/mol. The number of carbonyl (C=O) groups is 1. The SMILES string of the molecule is COc1ccc(/C(C)=N\NC(=O)c2ccc([N+](=O)[O-])cc2)cc1F. The van der Waals surface area contributed by atoms with E-state index in [1.165, 1.54) is 43.5 Å². The summed E-state index contributed by atoms with van der Waals surface area (Å²) in [6, 6.07) is 9.42. The van der Waals surface area contributed by atoms with Crippen LogP contribution in [0.5, 0.6) is 5.75 Å². The van der Waals surface area contributed by atoms with Crippen molar-refractivity contribution in [3.05, 3.63) is 69.5 Å². The van der Waals surface area contributed by atoms with Crippen LogP contribution in [0.4, 0.5) is 10.1 Å². The summed E-state index contributed by atoms with van der Waals surface area (Å²) in [6.45, 7) is 1.61. The number of carbonyl (C=O) groups excluding carboxylic acids is 1. The third kappa shape index (κ3) is 3.92. The van der Waals surface area contributed by atoms with Gasteiger partial charge in [0.1, 0.15) is 0 Å². The van der Waals surface area contributed by atoms with Gasteiger partial charge in [0, 0.05) is 23.3 Å². The molecule has 0 aliphatic carbocycles. The van der Waals surface area contributed by atoms with Gasteiger partial charge in [-0.15, -0.1) is 0 Å². The molecule has 2 rings (SSSR count). The molecule has 0 spiro atoms. The lowest BCUT2D eigenvalue weighted by molar-refractivity contribution is -0.384. The average Bonchev–Trinajstić information content (AvgIpc) is 2.59. The van der Waals surface area contributed by atoms with Crippen LogP contribution in [0.25, 0.3) is 0 Å². The Morgan fingerprint density at radius 3 is 2.38 bits per heavy atom. The number of hydrogen-bond acceptors (Lipinski definition) is 5. The Morgan fingerprint density at radius 1 is 1.21 bits per heavy atom. The number of methoxy groups -OCH3 is 1. The topological polar surface area (TPSA) is 93.8 Å². The van der Waals surface area contributed by atoms with Gasteiger partial charge in [-0.2, -0.15) is 5.10 Å². The third-order valence-electron chi connectivity index (χ3n) is 3.24. The van der Waals surface area contributed by atoms with Gasteiger partial charge in [0.05, 0.1) is 17.7 Å². The Hall–Kier alpha value is -3.29. The fourth-order valence-corrected chi connectivity index (χ4v) is 1.89. The first-order chi connectivity index (χ1) is 11.4. The van der Waals surface area contributed by atoms with E-state index in [1.807, 2.05) is 0 Å². The molecule has 24 heavy (non-hydrogen) atoms. The minimum atomic E-state index is -0.553. The summed E-state index contributed by atoms with van der Waals surface area (Å²) in [4.78, 5) is 22.0. The summed E-state index contributed by atoms with van der Waals surface area (Å²) < 4.78 is 18.5. The number of halogens is 1. The molecule has 2 aromatic rings. The number of ether oxygens (including phenoxy) is 1. The van der Waals surface area contributed by atoms with Crippen molar-refractivity contribution in [3.8, 4) is 5.75 Å². The molecule has 0 aromatic heterocycles. The normalized spacial score (nSPS) is 11.0. The van der Waals surface area contributed by atoms with Crippen molar-refractivity contribution in [1.29, 1.82) is 0 Å². The molecule has 2 aromatic carbocycles. The third-order valence-corrected chi connectivity index (χ3v) is 3.24. The van der Waals surface area contributed by atoms with Crippen molar-refractivity contribution in [1.82, 2.24) is 5.43 Å². The molecule has 1 amide bonds. The predicted octanol–water partition coefficient (Wildman–Crippen LogP) is 2.90. The summed E-state index contributed by atoms with van der Waals surface area (Å²) in [6.07, 6.45) is 0. The van der Waals surface area contributed by atoms with Crippen molar-refractivity contribution in [2.45, 2.75) is 6.92 Å². The largest absolute Gasteiger partial charge is 0.494 e. The Bertz CT molecular complexity index is 803. The first kappa shape index (κ1) is 17.1. The van der Waals surface area contributed by atoms with Gasteiger partial charge in [-0.05, 0) is 37.3 Å². The summed E-state index contributed by atoms with van der Waals surface area (Å²) in [5, 5.41) is 14.5. The fourth-order valence-electron chi connectivity index (χ4n) is 1.89. The van der Waals surface area contributed by atoms with Gasteiger partial charge < -0.3 is 4.74 Å². The number of nitrogens with one attached hydrogen (secondary N) is 1. The van der Waals surface area contributed by atoms with Crippen LogP contribution in [0.15, 0.2) is 47.6 Å². The van der Waals surface area contributed by atoms with Gasteiger partial charge in [0.2, 0.25) is 0 Å². The minimum absolute atomic E-state index is 0.111. The van der Waals surface area contributed by atoms with Gasteiger partial charge in [-0.1, -0.05) is 0 Å². The molecular weight excluding hydrogens is 317 g/mol. The molecule has 0 aliphatic heterocycles. The predicted molar refractivity (Wildman–Crippen MR) is 85.7 cm³/mol. The number of benzene rings is 2. The number of hydrazone groups is 1. The van der Waals surface area contributed by atoms with Gasteiger partial charge in [-0.25, -0.2) is 9.82 Å². The summed E-state index contributed by atoms with van der Waals surface area (Å²) >= 11 is 0. The van der Waals surface area contributed by atoms with E-state index in [9.17, 15) is 19.3 Å². The second kappa shape index (κ2) is 7.32. The van der Waals surface area contributed by atoms with Crippen LogP contribution in [-0.4, -0.2) is 23.7 Å². The Kier molecular flexibility index (Phi) is 5.20. The second-order valence-electron chi connectivity index (χ2n) is 4.79. The molecule has 8 heteroatoms. The van der Waals surface area contributed by atoms with Gasteiger partial charge in [-0.3, -0.25) is 14.9 Å². The highest BCUT2D eigenvalue weighted by molar-refractivity contribution is 6.01. The van der Waals surface area contributed by atoms with Crippen LogP contribution in [0, 0.1) is 15.9 Å². The maximum atomic E-state index is 13.7. The number of nitro benzene ring substituents is 1. The van der Waals surface area contributed by atoms with E-state index in [2.05, 4.69) is 10.5 Å². The standard InChI is InChI=1S/C16H14FN3O4/c1-10(12-5-8-15(24-2)14(17)9-12)18-19-16(21)11-3-6-13(7-4-11)20(22)23/h3-9H,1-2H3,(H,19,21)/b18-10-. The van der Waals surface area contributed by atoms with E-state index in [0.717, 1.165) is 0 Å². The lowest BCUT2D eigenvalue weighted by Crippen LogP contribution is -2.19. The molecule has 0 atom stereocenters. The van der Waals surface area contributed by atoms with Gasteiger partial charge >= 0.3 is 0 Å². The molecule has 0 fully saturated rings. The summed E-state index contributed by atoms with van der Waals surface area (Å²) in [5.74, 6) is -0.953. The van der Waals surface area contributed by atoms with Crippen LogP contribution in [0.1, 0.15) is 22.8 Å². The molecule has 124 valence electrons. The van der Waals surface area contributed by atoms with Crippen LogP contribution >= 0.6 is 0 Å². The highest BCUT2D eigenvalue weighted by Gasteiger charge is 2.10. The molecule has 0 saturated heterocycles. The first-order valence-electron chi connectivity index (χ1n) is 6.85. The Morgan fingerprint density at radius 2 is 1.83 bits per heavy atom. The van der Waals surface area contributed by atoms with Crippen molar-refractivity contribution in [2.24, 2.45) is 5.10 Å². The maximum Gasteiger partial charge on any atom is 0.271 e. The van der Waals surface area contributed by atoms with E-state index in [1.54, 1.807) is 13.0 Å². The zero-order valence-corrected chi connectivity index (χ0v) is 12.9. The number of non-ortho nitro benzene ring substituents is 1. The lowest BCUT2D eigenvalue weighted by atomic mass is 10.1. The molecule has 7 nitrogen and oxygen atoms in total. The van der Waals surface area contributed by atoms with E-state index in [0.29, 0.717) is 11.3 Å². The number of rotatable bonds is 5. The molecule has 0 saturated carbocycles. The highest BCUT2D eigenvalue weighted by atomic mass is 19.1. The maximum absolute atomic E-state index is 13.7. The van der Waals surface area contributed by atoms with Crippen molar-refractivity contribution < 1.29 is 18.8 Å². The molecule has 0 unspecified atom stereocenters. The van der Waals surface area contributed by atoms with E-state index in [-0.39, 0.29) is 17.0 Å². The second-order valence-corrected chi connectivity index (χ2v) is 4.79. The molecule has 0 heterocycles. The molecular formula is C16H14FN3O4. The number of hydrogen-bond donors (Lipinski definition) is 1. The van der Waals surface area contributed by atoms with Crippen LogP contribution in [0.3, 0.4) is 0 Å². The molecule has 0 bridgehead atoms. The molecule has 0 radical (unpaired) electrons. The monoisotopic (exact) mass is 331 g/mol. The zero-order valence-electron chi connectivity index (χ0n) is 12.9. The van der Waals surface area contributed by atoms with Gasteiger partial charge in [0.15, 0.2) is 11.6 Å². The summed E-state index contributed by atoms with van der Waals surface area (Å²) in [7, 11) is 1.36. The Balaban J connectivity index is 2.10. The number of nitro groups is 1. The summed E-state index contributed by atoms with van der Waals surface area (Å²) in [5.41, 5.74) is 3.31. The highest BCUT2D eigenvalue weighted by Crippen LogP contribution is 2.18. The van der Waals surface area contributed by atoms with Crippen LogP contribution in [0.2, 0.25) is 0 Å². The fraction of sp³-hybridized carbons (Fsp3) is 0.125. The van der Waals surface area contributed by atoms with Crippen molar-refractivity contribution >= 4 is 17.3 Å². The van der Waals surface area contributed by atoms with Gasteiger partial charge in [0.25, 0.3) is 11.6 Å². The van der Waals surface area contributed by atoms with Crippen molar-refractivity contribution in [3.63, 3.8) is 0 Å². The van der Waals surface area contributed by atoms with Crippen molar-refractivity contribution in [2.75, 3.05) is 7.11 Å². The van der Waals surface area contributed by atoms with E-state index >= 15 is 0 Å². The molecule has 0 aliphatic rings. The van der Waals surface area contributed by atoms with Crippen LogP contribution in [-0.2, 0) is 0 Å². The smallest absolute Gasteiger partial charge is 0.271 e. The first-order valence-corrected chi connectivity index (χ1v) is 6.85. The van der Waals surface area contributed by atoms with E-state index in [4.69, 9.17) is 4.74 Å².